The van der Waals surface area contributed by atoms with Crippen LogP contribution in [-0.2, 0) is 20.8 Å². The molecular weight excluding hydrogens is 437 g/mol. The van der Waals surface area contributed by atoms with E-state index in [1.54, 1.807) is 43.5 Å². The Labute approximate surface area is 197 Å². The van der Waals surface area contributed by atoms with Gasteiger partial charge in [0.1, 0.15) is 23.1 Å². The number of benzene rings is 1. The number of carbonyl (C=O) groups excluding carboxylic acids is 1. The van der Waals surface area contributed by atoms with Crippen LogP contribution >= 0.6 is 0 Å². The lowest BCUT2D eigenvalue weighted by molar-refractivity contribution is -0.116. The van der Waals surface area contributed by atoms with Crippen LogP contribution in [0.15, 0.2) is 88.0 Å². The lowest BCUT2D eigenvalue weighted by Gasteiger charge is -2.30. The number of amides is 1. The topological polar surface area (TPSA) is 80.9 Å². The Balaban J connectivity index is 1.74. The van der Waals surface area contributed by atoms with Gasteiger partial charge in [0.25, 0.3) is 0 Å². The predicted molar refractivity (Wildman–Crippen MR) is 126 cm³/mol. The van der Waals surface area contributed by atoms with Gasteiger partial charge < -0.3 is 24.3 Å². The van der Waals surface area contributed by atoms with Crippen LogP contribution in [0.4, 0.5) is 4.39 Å². The highest BCUT2D eigenvalue weighted by atomic mass is 19.1. The number of aliphatic hydroxyl groups is 1. The first-order valence-corrected chi connectivity index (χ1v) is 10.7. The number of hydrogen-bond donors (Lipinski definition) is 2. The fourth-order valence-electron chi connectivity index (χ4n) is 4.18. The molecule has 0 unspecified atom stereocenters. The highest BCUT2D eigenvalue weighted by Gasteiger charge is 2.36. The molecule has 2 N–H and O–H groups in total. The van der Waals surface area contributed by atoms with Crippen molar-refractivity contribution < 1.29 is 28.2 Å². The van der Waals surface area contributed by atoms with Gasteiger partial charge in [-0.25, -0.2) is 4.39 Å². The molecule has 1 aromatic carbocycles. The van der Waals surface area contributed by atoms with Crippen LogP contribution in [0.5, 0.6) is 0 Å². The third kappa shape index (κ3) is 4.34. The summed E-state index contributed by atoms with van der Waals surface area (Å²) in [6, 6.07) is 8.04. The number of nitrogens with one attached hydrogen (secondary N) is 1. The maximum atomic E-state index is 14.1. The molecule has 2 aliphatic carbocycles. The zero-order valence-electron chi connectivity index (χ0n) is 19.4. The van der Waals surface area contributed by atoms with Gasteiger partial charge in [0.2, 0.25) is 5.91 Å². The first kappa shape index (κ1) is 23.3. The summed E-state index contributed by atoms with van der Waals surface area (Å²) in [6.45, 7) is 3.73. The molecule has 6 nitrogen and oxygen atoms in total. The Hall–Kier alpha value is -3.84. The Bertz CT molecular complexity index is 1250. The molecule has 0 bridgehead atoms. The number of ether oxygens (including phenoxy) is 2. The zero-order chi connectivity index (χ0) is 24.5. The van der Waals surface area contributed by atoms with Crippen LogP contribution in [0.3, 0.4) is 0 Å². The number of rotatable bonds is 6. The number of carbonyl (C=O) groups is 1. The van der Waals surface area contributed by atoms with Crippen molar-refractivity contribution in [3.8, 4) is 0 Å². The SMILES string of the molecule is COC1=CC(=CC2=C(C)/C(=C\C(=O)NCc3ccco3)c3cc(F)ccc32)C=C(OC)C1(C)O. The summed E-state index contributed by atoms with van der Waals surface area (Å²) in [5.41, 5.74) is 3.05. The molecule has 2 aliphatic rings. The lowest BCUT2D eigenvalue weighted by atomic mass is 9.91. The van der Waals surface area contributed by atoms with Crippen molar-refractivity contribution in [3.63, 3.8) is 0 Å². The smallest absolute Gasteiger partial charge is 0.244 e. The molecule has 2 aromatic rings. The maximum absolute atomic E-state index is 14.1. The number of furan rings is 1. The van der Waals surface area contributed by atoms with Gasteiger partial charge in [-0.15, -0.1) is 0 Å². The summed E-state index contributed by atoms with van der Waals surface area (Å²) in [6.07, 6.45) is 8.37. The molecule has 34 heavy (non-hydrogen) atoms. The van der Waals surface area contributed by atoms with Gasteiger partial charge in [-0.2, -0.15) is 0 Å². The summed E-state index contributed by atoms with van der Waals surface area (Å²) < 4.78 is 30.2. The molecule has 1 aromatic heterocycles. The second kappa shape index (κ2) is 9.19. The molecule has 0 aliphatic heterocycles. The molecular formula is C27H26FNO5. The van der Waals surface area contributed by atoms with Crippen LogP contribution in [0, 0.1) is 5.82 Å². The lowest BCUT2D eigenvalue weighted by Crippen LogP contribution is -2.33. The standard InChI is InChI=1S/C27H26FNO5/c1-16-21(10-17-11-24(32-3)27(2,31)25(12-17)33-4)20-8-7-18(28)13-23(20)22(16)14-26(30)29-15-19-6-5-9-34-19/h5-14,31H,15H2,1-4H3,(H,29,30)/b17-10?,22-14+. The van der Waals surface area contributed by atoms with Crippen molar-refractivity contribution in [1.29, 1.82) is 0 Å². The second-order valence-electron chi connectivity index (χ2n) is 8.23. The van der Waals surface area contributed by atoms with Crippen molar-refractivity contribution in [3.05, 3.63) is 106 Å². The van der Waals surface area contributed by atoms with Gasteiger partial charge in [-0.1, -0.05) is 6.07 Å². The van der Waals surface area contributed by atoms with Gasteiger partial charge >= 0.3 is 0 Å². The van der Waals surface area contributed by atoms with Crippen molar-refractivity contribution in [1.82, 2.24) is 5.32 Å². The Morgan fingerprint density at radius 3 is 2.50 bits per heavy atom. The first-order chi connectivity index (χ1) is 16.2. The van der Waals surface area contributed by atoms with Crippen molar-refractivity contribution in [2.45, 2.75) is 26.0 Å². The highest BCUT2D eigenvalue weighted by molar-refractivity contribution is 6.08. The molecule has 0 spiro atoms. The Morgan fingerprint density at radius 2 is 1.88 bits per heavy atom. The van der Waals surface area contributed by atoms with E-state index in [9.17, 15) is 14.3 Å². The Kier molecular flexibility index (Phi) is 6.30. The number of methoxy groups -OCH3 is 2. The number of allylic oxidation sites excluding steroid dienone is 7. The molecule has 176 valence electrons. The van der Waals surface area contributed by atoms with E-state index in [1.807, 2.05) is 13.0 Å². The summed E-state index contributed by atoms with van der Waals surface area (Å²) in [7, 11) is 2.97. The van der Waals surface area contributed by atoms with E-state index in [0.29, 0.717) is 28.4 Å². The minimum Gasteiger partial charge on any atom is -0.498 e. The highest BCUT2D eigenvalue weighted by Crippen LogP contribution is 2.43. The number of fused-ring (bicyclic) bond motifs is 1. The van der Waals surface area contributed by atoms with Crippen LogP contribution < -0.4 is 5.32 Å². The molecule has 0 saturated carbocycles. The van der Waals surface area contributed by atoms with E-state index >= 15 is 0 Å². The fraction of sp³-hybridized carbons (Fsp3) is 0.222. The van der Waals surface area contributed by atoms with Crippen molar-refractivity contribution >= 4 is 17.1 Å². The van der Waals surface area contributed by atoms with E-state index in [0.717, 1.165) is 22.3 Å². The van der Waals surface area contributed by atoms with Gasteiger partial charge in [0.15, 0.2) is 5.60 Å². The number of halogens is 1. The van der Waals surface area contributed by atoms with Gasteiger partial charge in [-0.3, -0.25) is 4.79 Å². The number of hydrogen-bond acceptors (Lipinski definition) is 5. The third-order valence-electron chi connectivity index (χ3n) is 5.97. The monoisotopic (exact) mass is 463 g/mol. The molecule has 0 atom stereocenters. The molecule has 1 heterocycles. The van der Waals surface area contributed by atoms with Crippen LogP contribution in [0.2, 0.25) is 0 Å². The van der Waals surface area contributed by atoms with Crippen LogP contribution in [0.25, 0.3) is 11.1 Å². The second-order valence-corrected chi connectivity index (χ2v) is 8.23. The molecule has 0 saturated heterocycles. The summed E-state index contributed by atoms with van der Waals surface area (Å²) >= 11 is 0. The van der Waals surface area contributed by atoms with E-state index < -0.39 is 5.60 Å². The fourth-order valence-corrected chi connectivity index (χ4v) is 4.18. The molecule has 7 heteroatoms. The average molecular weight is 464 g/mol. The maximum Gasteiger partial charge on any atom is 0.244 e. The minimum atomic E-state index is -1.39. The predicted octanol–water partition coefficient (Wildman–Crippen LogP) is 4.66. The zero-order valence-corrected chi connectivity index (χ0v) is 19.4. The van der Waals surface area contributed by atoms with Crippen molar-refractivity contribution in [2.75, 3.05) is 14.2 Å². The third-order valence-corrected chi connectivity index (χ3v) is 5.97. The molecule has 0 fully saturated rings. The van der Waals surface area contributed by atoms with Crippen molar-refractivity contribution in [2.24, 2.45) is 0 Å². The van der Waals surface area contributed by atoms with Gasteiger partial charge in [0, 0.05) is 6.08 Å². The molecule has 0 radical (unpaired) electrons. The van der Waals surface area contributed by atoms with E-state index in [4.69, 9.17) is 13.9 Å². The normalized spacial score (nSPS) is 20.6. The summed E-state index contributed by atoms with van der Waals surface area (Å²) in [5.74, 6) is 0.603. The van der Waals surface area contributed by atoms with Gasteiger partial charge in [-0.05, 0) is 89.8 Å². The van der Waals surface area contributed by atoms with Crippen LogP contribution in [0.1, 0.15) is 30.7 Å². The quantitative estimate of drug-likeness (QED) is 0.610. The van der Waals surface area contributed by atoms with Crippen LogP contribution in [-0.4, -0.2) is 30.8 Å². The van der Waals surface area contributed by atoms with E-state index in [2.05, 4.69) is 5.32 Å². The summed E-state index contributed by atoms with van der Waals surface area (Å²) in [5, 5.41) is 13.5. The minimum absolute atomic E-state index is 0.250. The first-order valence-electron chi connectivity index (χ1n) is 10.7. The average Bonchev–Trinajstić information content (AvgIpc) is 3.41. The van der Waals surface area contributed by atoms with Gasteiger partial charge in [0.05, 0.1) is 27.0 Å². The molecule has 4 rings (SSSR count). The molecule has 1 amide bonds. The summed E-state index contributed by atoms with van der Waals surface area (Å²) in [4.78, 5) is 12.6. The van der Waals surface area contributed by atoms with E-state index in [1.165, 1.54) is 32.4 Å². The Morgan fingerprint density at radius 1 is 1.18 bits per heavy atom. The largest absolute Gasteiger partial charge is 0.498 e. The van der Waals surface area contributed by atoms with E-state index in [-0.39, 0.29) is 18.3 Å².